The molecule has 2 rings (SSSR count). The molecule has 4 N–H and O–H groups in total. The molecular weight excluding hydrogens is 385 g/mol. The van der Waals surface area contributed by atoms with Crippen molar-refractivity contribution in [1.29, 1.82) is 10.5 Å². The molecule has 2 atom stereocenters. The number of aliphatic hydroxyl groups is 2. The van der Waals surface area contributed by atoms with E-state index >= 15 is 0 Å². The van der Waals surface area contributed by atoms with Crippen molar-refractivity contribution >= 4 is 36.8 Å². The van der Waals surface area contributed by atoms with E-state index in [0.29, 0.717) is 29.4 Å². The second-order valence-corrected chi connectivity index (χ2v) is 6.53. The molecule has 0 aliphatic rings. The van der Waals surface area contributed by atoms with Gasteiger partial charge in [-0.25, -0.2) is 0 Å². The minimum atomic E-state index is -0.631. The molecule has 30 heavy (non-hydrogen) atoms. The van der Waals surface area contributed by atoms with Crippen LogP contribution < -0.4 is 10.6 Å². The van der Waals surface area contributed by atoms with Crippen LogP contribution in [0, 0.1) is 29.6 Å². The molecule has 12 heteroatoms. The van der Waals surface area contributed by atoms with E-state index in [1.54, 1.807) is 26.8 Å². The Morgan fingerprint density at radius 2 is 1.83 bits per heavy atom. The Balaban J connectivity index is 2.47. The number of imidazole rings is 1. The predicted octanol–water partition coefficient (Wildman–Crippen LogP) is 1.11. The summed E-state index contributed by atoms with van der Waals surface area (Å²) in [4.78, 5) is 8.40. The van der Waals surface area contributed by atoms with Gasteiger partial charge >= 0.3 is 162 Å². The number of aliphatic hydroxyl groups excluding tert-OH is 2. The molecule has 2 aromatic heterocycles. The minimum absolute atomic E-state index is 0.0391. The number of hydrogen-bond acceptors (Lipinski definition) is 10. The van der Waals surface area contributed by atoms with E-state index in [1.807, 2.05) is 12.1 Å². The summed E-state index contributed by atoms with van der Waals surface area (Å²) < 4.78 is 1.16. The summed E-state index contributed by atoms with van der Waals surface area (Å²) in [5, 5.41) is 51.6. The third kappa shape index (κ3) is 5.47. The third-order valence-corrected chi connectivity index (χ3v) is 3.82. The van der Waals surface area contributed by atoms with Gasteiger partial charge in [0.2, 0.25) is 0 Å². The average Bonchev–Trinajstić information content (AvgIpc) is 3.06. The zero-order valence-electron chi connectivity index (χ0n) is 16.8. The second-order valence-electron chi connectivity index (χ2n) is 6.53. The van der Waals surface area contributed by atoms with Gasteiger partial charge in [0, 0.05) is 0 Å². The molecule has 0 spiro atoms. The summed E-state index contributed by atoms with van der Waals surface area (Å²) in [6.07, 6.45) is -0.120. The number of nitriles is 2. The summed E-state index contributed by atoms with van der Waals surface area (Å²) in [5.74, 6) is 0.821. The Morgan fingerprint density at radius 1 is 1.17 bits per heavy atom. The van der Waals surface area contributed by atoms with Crippen molar-refractivity contribution in [2.75, 3.05) is 23.7 Å². The van der Waals surface area contributed by atoms with E-state index in [0.717, 1.165) is 10.7 Å². The average molecular weight is 406 g/mol. The number of nitrogens with zero attached hydrogens (tertiary/aromatic N) is 7. The SMILES string of the molecule is [B]=Cn1c(N=Nc2c(C)cc(NCC(C)O)nc2NCC(C)O)nc(C#N)c1C#N. The molecule has 2 unspecified atom stereocenters. The molecular formula is C18H21BN9O2. The number of pyridine rings is 1. The van der Waals surface area contributed by atoms with Crippen molar-refractivity contribution < 1.29 is 10.2 Å². The zero-order valence-corrected chi connectivity index (χ0v) is 16.8. The van der Waals surface area contributed by atoms with Crippen LogP contribution >= 0.6 is 0 Å². The summed E-state index contributed by atoms with van der Waals surface area (Å²) in [6.45, 7) is 5.59. The van der Waals surface area contributed by atoms with Crippen molar-refractivity contribution in [3.05, 3.63) is 23.0 Å². The first-order valence-electron chi connectivity index (χ1n) is 9.05. The summed E-state index contributed by atoms with van der Waals surface area (Å²) in [7, 11) is 5.54. The van der Waals surface area contributed by atoms with Crippen LogP contribution in [0.1, 0.15) is 30.8 Å². The van der Waals surface area contributed by atoms with Crippen molar-refractivity contribution in [3.8, 4) is 12.1 Å². The second kappa shape index (κ2) is 10.3. The molecule has 0 bridgehead atoms. The Labute approximate surface area is 174 Å². The number of anilines is 2. The Kier molecular flexibility index (Phi) is 7.75. The Hall–Kier alpha value is -3.61. The quantitative estimate of drug-likeness (QED) is 0.355. The monoisotopic (exact) mass is 406 g/mol. The molecule has 0 saturated heterocycles. The Morgan fingerprint density at radius 3 is 2.40 bits per heavy atom. The molecule has 153 valence electrons. The van der Waals surface area contributed by atoms with Crippen molar-refractivity contribution in [3.63, 3.8) is 0 Å². The van der Waals surface area contributed by atoms with Gasteiger partial charge < -0.3 is 5.11 Å². The number of rotatable bonds is 9. The summed E-state index contributed by atoms with van der Waals surface area (Å²) in [5.41, 5.74) is 0.912. The van der Waals surface area contributed by atoms with Crippen LogP contribution in [0.5, 0.6) is 0 Å². The van der Waals surface area contributed by atoms with Gasteiger partial charge in [0.25, 0.3) is 0 Å². The van der Waals surface area contributed by atoms with Gasteiger partial charge in [0.15, 0.2) is 0 Å². The molecule has 0 fully saturated rings. The van der Waals surface area contributed by atoms with E-state index in [9.17, 15) is 15.5 Å². The van der Waals surface area contributed by atoms with Gasteiger partial charge in [-0.05, 0) is 6.92 Å². The van der Waals surface area contributed by atoms with Crippen LogP contribution in [0.15, 0.2) is 16.3 Å². The maximum atomic E-state index is 9.60. The Bertz CT molecular complexity index is 1030. The van der Waals surface area contributed by atoms with Crippen LogP contribution in [-0.2, 0) is 0 Å². The number of aryl methyl sites for hydroxylation is 1. The van der Waals surface area contributed by atoms with Crippen LogP contribution in [-0.4, -0.2) is 63.6 Å². The van der Waals surface area contributed by atoms with Gasteiger partial charge in [-0.1, -0.05) is 0 Å². The molecule has 11 nitrogen and oxygen atoms in total. The normalized spacial score (nSPS) is 12.7. The number of hydrogen-bond donors (Lipinski definition) is 4. The van der Waals surface area contributed by atoms with Gasteiger partial charge in [-0.2, -0.15) is 0 Å². The molecule has 0 aromatic carbocycles. The molecule has 2 aromatic rings. The molecule has 2 heterocycles. The predicted molar refractivity (Wildman–Crippen MR) is 112 cm³/mol. The molecule has 0 aliphatic heterocycles. The fraction of sp³-hybridized carbons (Fsp3) is 0.389. The van der Waals surface area contributed by atoms with Crippen LogP contribution in [0.2, 0.25) is 0 Å². The van der Waals surface area contributed by atoms with Gasteiger partial charge in [0.1, 0.15) is 0 Å². The number of azo groups is 1. The van der Waals surface area contributed by atoms with E-state index in [-0.39, 0.29) is 23.9 Å². The van der Waals surface area contributed by atoms with Crippen molar-refractivity contribution in [2.24, 2.45) is 10.2 Å². The first-order chi connectivity index (χ1) is 14.3. The van der Waals surface area contributed by atoms with E-state index in [2.05, 4.69) is 30.8 Å². The fourth-order valence-corrected chi connectivity index (χ4v) is 2.41. The first-order valence-corrected chi connectivity index (χ1v) is 9.05. The third-order valence-electron chi connectivity index (χ3n) is 3.82. The van der Waals surface area contributed by atoms with Crippen LogP contribution in [0.25, 0.3) is 0 Å². The zero-order chi connectivity index (χ0) is 22.3. The first kappa shape index (κ1) is 22.7. The maximum absolute atomic E-state index is 9.60. The van der Waals surface area contributed by atoms with Gasteiger partial charge in [-0.3, -0.25) is 0 Å². The van der Waals surface area contributed by atoms with Crippen LogP contribution in [0.3, 0.4) is 0 Å². The van der Waals surface area contributed by atoms with Gasteiger partial charge in [-0.15, -0.1) is 0 Å². The summed E-state index contributed by atoms with van der Waals surface area (Å²) >= 11 is 0. The standard InChI is InChI=1S/C18H21BN9O2/c1-10-4-15(22-7-11(2)29)25-17(23-8-12(3)30)16(10)26-27-18-24-13(5-20)14(6-21)28(18)9-19/h4,9,11-12,29-30H,7-8H2,1-3H3,(H2,22,23,25). The van der Waals surface area contributed by atoms with E-state index in [1.165, 1.54) is 0 Å². The number of aromatic nitrogens is 3. The molecule has 0 amide bonds. The van der Waals surface area contributed by atoms with E-state index in [4.69, 9.17) is 12.7 Å². The molecule has 1 radical (unpaired) electrons. The fourth-order valence-electron chi connectivity index (χ4n) is 2.41. The van der Waals surface area contributed by atoms with Crippen molar-refractivity contribution in [1.82, 2.24) is 14.5 Å². The van der Waals surface area contributed by atoms with Crippen LogP contribution in [0.4, 0.5) is 23.3 Å². The topological polar surface area (TPSA) is 168 Å². The molecule has 0 saturated carbocycles. The van der Waals surface area contributed by atoms with E-state index < -0.39 is 12.2 Å². The van der Waals surface area contributed by atoms with Crippen molar-refractivity contribution in [2.45, 2.75) is 33.0 Å². The van der Waals surface area contributed by atoms with Gasteiger partial charge in [0.05, 0.1) is 0 Å². The summed E-state index contributed by atoms with van der Waals surface area (Å²) in [6, 6.07) is 5.40. The molecule has 0 aliphatic carbocycles. The number of nitrogens with one attached hydrogen (secondary N) is 2.